The first-order valence-electron chi connectivity index (χ1n) is 7.85. The van der Waals surface area contributed by atoms with Crippen LogP contribution in [0.1, 0.15) is 51.2 Å². The Bertz CT molecular complexity index is 460. The van der Waals surface area contributed by atoms with Gasteiger partial charge in [-0.3, -0.25) is 0 Å². The van der Waals surface area contributed by atoms with Gasteiger partial charge in [0.25, 0.3) is 0 Å². The smallest absolute Gasteiger partial charge is 0.147 e. The van der Waals surface area contributed by atoms with Crippen LogP contribution in [-0.4, -0.2) is 42.1 Å². The number of anilines is 1. The summed E-state index contributed by atoms with van der Waals surface area (Å²) in [6.45, 7) is 9.75. The van der Waals surface area contributed by atoms with Crippen molar-refractivity contribution < 1.29 is 0 Å². The number of nitrogens with one attached hydrogen (secondary N) is 2. The summed E-state index contributed by atoms with van der Waals surface area (Å²) in [5.74, 6) is 1.84. The Hall–Kier alpha value is -1.20. The Balaban J connectivity index is 2.12. The highest BCUT2D eigenvalue weighted by Crippen LogP contribution is 2.22. The van der Waals surface area contributed by atoms with Crippen LogP contribution in [0, 0.1) is 5.41 Å². The summed E-state index contributed by atoms with van der Waals surface area (Å²) in [5.41, 5.74) is 1.38. The first-order chi connectivity index (χ1) is 9.87. The van der Waals surface area contributed by atoms with E-state index in [1.54, 1.807) is 0 Å². The van der Waals surface area contributed by atoms with E-state index in [0.29, 0.717) is 11.5 Å². The second-order valence-corrected chi connectivity index (χ2v) is 7.23. The monoisotopic (exact) mass is 291 g/mol. The summed E-state index contributed by atoms with van der Waals surface area (Å²) in [6, 6.07) is 2.36. The lowest BCUT2D eigenvalue weighted by Gasteiger charge is -2.26. The van der Waals surface area contributed by atoms with Crippen LogP contribution in [0.2, 0.25) is 0 Å². The largest absolute Gasteiger partial charge is 0.373 e. The summed E-state index contributed by atoms with van der Waals surface area (Å²) in [5, 5.41) is 6.63. The van der Waals surface area contributed by atoms with Crippen molar-refractivity contribution in [2.24, 2.45) is 5.41 Å². The van der Waals surface area contributed by atoms with Gasteiger partial charge in [0.2, 0.25) is 0 Å². The van der Waals surface area contributed by atoms with Crippen LogP contribution in [0.25, 0.3) is 0 Å². The summed E-state index contributed by atoms with van der Waals surface area (Å²) in [7, 11) is 4.07. The molecule has 5 nitrogen and oxygen atoms in total. The molecule has 0 spiro atoms. The van der Waals surface area contributed by atoms with E-state index in [2.05, 4.69) is 54.4 Å². The van der Waals surface area contributed by atoms with Crippen LogP contribution in [0.4, 0.5) is 5.82 Å². The maximum absolute atomic E-state index is 4.78. The molecule has 1 fully saturated rings. The number of hydrogen-bond donors (Lipinski definition) is 2. The second kappa shape index (κ2) is 6.71. The molecule has 0 aromatic carbocycles. The molecule has 5 heteroatoms. The van der Waals surface area contributed by atoms with Crippen molar-refractivity contribution in [2.45, 2.75) is 46.2 Å². The molecule has 118 valence electrons. The fourth-order valence-electron chi connectivity index (χ4n) is 2.93. The van der Waals surface area contributed by atoms with Crippen molar-refractivity contribution in [3.63, 3.8) is 0 Å². The lowest BCUT2D eigenvalue weighted by molar-refractivity contribution is 0.218. The number of hydrogen-bond acceptors (Lipinski definition) is 5. The minimum atomic E-state index is 0.295. The third-order valence-electron chi connectivity index (χ3n) is 3.60. The Labute approximate surface area is 128 Å². The fraction of sp³-hybridized carbons (Fsp3) is 0.750. The van der Waals surface area contributed by atoms with Gasteiger partial charge in [-0.15, -0.1) is 0 Å². The summed E-state index contributed by atoms with van der Waals surface area (Å²) < 4.78 is 0. The van der Waals surface area contributed by atoms with Gasteiger partial charge in [0, 0.05) is 26.2 Å². The minimum Gasteiger partial charge on any atom is -0.373 e. The van der Waals surface area contributed by atoms with E-state index in [0.717, 1.165) is 43.4 Å². The van der Waals surface area contributed by atoms with E-state index in [4.69, 9.17) is 4.98 Å². The number of rotatable bonds is 5. The number of aromatic nitrogens is 2. The van der Waals surface area contributed by atoms with Crippen LogP contribution in [0.5, 0.6) is 0 Å². The van der Waals surface area contributed by atoms with Gasteiger partial charge in [-0.25, -0.2) is 9.97 Å². The molecule has 1 aliphatic rings. The van der Waals surface area contributed by atoms with Gasteiger partial charge in [-0.1, -0.05) is 20.8 Å². The minimum absolute atomic E-state index is 0.295. The van der Waals surface area contributed by atoms with Crippen LogP contribution < -0.4 is 10.6 Å². The van der Waals surface area contributed by atoms with E-state index in [1.165, 1.54) is 6.42 Å². The molecule has 0 radical (unpaired) electrons. The van der Waals surface area contributed by atoms with Crippen LogP contribution >= 0.6 is 0 Å². The third-order valence-corrected chi connectivity index (χ3v) is 3.60. The highest BCUT2D eigenvalue weighted by molar-refractivity contribution is 5.35. The molecule has 1 saturated heterocycles. The third kappa shape index (κ3) is 4.93. The summed E-state index contributed by atoms with van der Waals surface area (Å²) >= 11 is 0. The molecule has 2 rings (SSSR count). The predicted octanol–water partition coefficient (Wildman–Crippen LogP) is 2.42. The lowest BCUT2D eigenvalue weighted by Crippen LogP contribution is -2.29. The first kappa shape index (κ1) is 16.2. The Kier molecular flexibility index (Phi) is 5.17. The normalized spacial score (nSPS) is 19.2. The van der Waals surface area contributed by atoms with Gasteiger partial charge in [0.05, 0.1) is 11.7 Å². The van der Waals surface area contributed by atoms with Gasteiger partial charge >= 0.3 is 0 Å². The molecule has 0 aliphatic carbocycles. The molecule has 2 N–H and O–H groups in total. The predicted molar refractivity (Wildman–Crippen MR) is 87.3 cm³/mol. The fourth-order valence-corrected chi connectivity index (χ4v) is 2.93. The van der Waals surface area contributed by atoms with Gasteiger partial charge < -0.3 is 15.5 Å². The van der Waals surface area contributed by atoms with Crippen molar-refractivity contribution in [2.75, 3.05) is 32.5 Å². The van der Waals surface area contributed by atoms with Crippen molar-refractivity contribution in [3.8, 4) is 0 Å². The van der Waals surface area contributed by atoms with Gasteiger partial charge in [-0.05, 0) is 31.8 Å². The average Bonchev–Trinajstić information content (AvgIpc) is 2.89. The highest BCUT2D eigenvalue weighted by atomic mass is 15.1. The molecular weight excluding hydrogens is 262 g/mol. The molecule has 1 atom stereocenters. The maximum atomic E-state index is 4.78. The Morgan fingerprint density at radius 1 is 1.38 bits per heavy atom. The van der Waals surface area contributed by atoms with Gasteiger partial charge in [0.15, 0.2) is 0 Å². The van der Waals surface area contributed by atoms with E-state index in [1.807, 2.05) is 7.05 Å². The van der Waals surface area contributed by atoms with E-state index >= 15 is 0 Å². The molecular formula is C16H29N5. The molecule has 0 amide bonds. The molecule has 0 bridgehead atoms. The van der Waals surface area contributed by atoms with Crippen molar-refractivity contribution in [1.82, 2.24) is 20.2 Å². The van der Waals surface area contributed by atoms with E-state index in [9.17, 15) is 0 Å². The highest BCUT2D eigenvalue weighted by Gasteiger charge is 2.21. The molecule has 2 heterocycles. The number of nitrogens with zero attached hydrogens (tertiary/aromatic N) is 3. The standard InChI is InChI=1S/C16H29N5/c1-16(2,3)11-21(5)10-12-9-14(17-4)20-15(19-12)13-7-6-8-18-13/h9,13,18H,6-8,10-11H2,1-5H3,(H,17,19,20)/t13-/m0/s1. The second-order valence-electron chi connectivity index (χ2n) is 7.23. The van der Waals surface area contributed by atoms with Crippen molar-refractivity contribution in [3.05, 3.63) is 17.6 Å². The summed E-state index contributed by atoms with van der Waals surface area (Å²) in [4.78, 5) is 11.7. The maximum Gasteiger partial charge on any atom is 0.147 e. The molecule has 21 heavy (non-hydrogen) atoms. The van der Waals surface area contributed by atoms with Crippen LogP contribution in [0.15, 0.2) is 6.07 Å². The molecule has 0 saturated carbocycles. The van der Waals surface area contributed by atoms with E-state index < -0.39 is 0 Å². The zero-order valence-electron chi connectivity index (χ0n) is 14.0. The molecule has 1 aliphatic heterocycles. The quantitative estimate of drug-likeness (QED) is 0.872. The molecule has 0 unspecified atom stereocenters. The zero-order valence-corrected chi connectivity index (χ0v) is 14.0. The average molecular weight is 291 g/mol. The van der Waals surface area contributed by atoms with E-state index in [-0.39, 0.29) is 0 Å². The van der Waals surface area contributed by atoms with Gasteiger partial charge in [0.1, 0.15) is 11.6 Å². The zero-order chi connectivity index (χ0) is 15.5. The Morgan fingerprint density at radius 2 is 2.14 bits per heavy atom. The van der Waals surface area contributed by atoms with Crippen LogP contribution in [0.3, 0.4) is 0 Å². The van der Waals surface area contributed by atoms with Crippen molar-refractivity contribution in [1.29, 1.82) is 0 Å². The topological polar surface area (TPSA) is 53.1 Å². The van der Waals surface area contributed by atoms with Crippen LogP contribution in [-0.2, 0) is 6.54 Å². The summed E-state index contributed by atoms with van der Waals surface area (Å²) in [6.07, 6.45) is 2.33. The van der Waals surface area contributed by atoms with Gasteiger partial charge in [-0.2, -0.15) is 0 Å². The Morgan fingerprint density at radius 3 is 2.71 bits per heavy atom. The molecule has 1 aromatic heterocycles. The lowest BCUT2D eigenvalue weighted by atomic mass is 9.96. The first-order valence-corrected chi connectivity index (χ1v) is 7.85. The van der Waals surface area contributed by atoms with Crippen molar-refractivity contribution >= 4 is 5.82 Å². The SMILES string of the molecule is CNc1cc(CN(C)CC(C)(C)C)nc([C@@H]2CCCN2)n1. The molecule has 1 aromatic rings.